The van der Waals surface area contributed by atoms with Crippen molar-refractivity contribution in [1.29, 1.82) is 0 Å². The molecule has 32 heavy (non-hydrogen) atoms. The Kier molecular flexibility index (Phi) is 6.51. The van der Waals surface area contributed by atoms with E-state index in [1.807, 2.05) is 48.5 Å². The molecule has 2 aromatic heterocycles. The standard InChI is InChI=1S/C24H23N3O4S/c1-2-32(28,29)20-11-12-22(30-15-13-19-10-6-7-14-25-19)21(16-20)27-24-26-17-23(31-24)18-8-4-3-5-9-18/h3-12,14,16-17H,2,13,15H2,1H3,(H,26,27). The zero-order valence-corrected chi connectivity index (χ0v) is 18.4. The van der Waals surface area contributed by atoms with Crippen molar-refractivity contribution in [3.05, 3.63) is 84.8 Å². The van der Waals surface area contributed by atoms with Crippen molar-refractivity contribution >= 4 is 21.5 Å². The molecule has 0 unspecified atom stereocenters. The average Bonchev–Trinajstić information content (AvgIpc) is 3.30. The number of hydrogen-bond donors (Lipinski definition) is 1. The number of rotatable bonds is 9. The summed E-state index contributed by atoms with van der Waals surface area (Å²) < 4.78 is 36.5. The number of nitrogens with zero attached hydrogens (tertiary/aromatic N) is 2. The number of nitrogens with one attached hydrogen (secondary N) is 1. The Morgan fingerprint density at radius 2 is 1.81 bits per heavy atom. The lowest BCUT2D eigenvalue weighted by molar-refractivity contribution is 0.322. The second-order valence-electron chi connectivity index (χ2n) is 7.00. The number of aromatic nitrogens is 2. The van der Waals surface area contributed by atoms with Gasteiger partial charge < -0.3 is 14.5 Å². The molecule has 0 atom stereocenters. The van der Waals surface area contributed by atoms with Crippen LogP contribution in [-0.2, 0) is 16.3 Å². The molecule has 0 aliphatic heterocycles. The Morgan fingerprint density at radius 1 is 1.00 bits per heavy atom. The molecule has 0 amide bonds. The molecule has 2 heterocycles. The van der Waals surface area contributed by atoms with Gasteiger partial charge in [0.1, 0.15) is 5.75 Å². The second-order valence-corrected chi connectivity index (χ2v) is 9.28. The third-order valence-electron chi connectivity index (χ3n) is 4.84. The van der Waals surface area contributed by atoms with Gasteiger partial charge in [0.05, 0.1) is 29.1 Å². The van der Waals surface area contributed by atoms with Crippen molar-refractivity contribution in [2.45, 2.75) is 18.2 Å². The lowest BCUT2D eigenvalue weighted by Crippen LogP contribution is -2.07. The first kappa shape index (κ1) is 21.6. The monoisotopic (exact) mass is 449 g/mol. The summed E-state index contributed by atoms with van der Waals surface area (Å²) in [6.45, 7) is 1.99. The maximum absolute atomic E-state index is 12.4. The molecule has 0 saturated heterocycles. The molecule has 1 N–H and O–H groups in total. The normalized spacial score (nSPS) is 11.3. The van der Waals surface area contributed by atoms with Crippen molar-refractivity contribution in [3.63, 3.8) is 0 Å². The minimum atomic E-state index is -3.39. The highest BCUT2D eigenvalue weighted by molar-refractivity contribution is 7.91. The smallest absolute Gasteiger partial charge is 0.299 e. The van der Waals surface area contributed by atoms with E-state index < -0.39 is 9.84 Å². The Bertz CT molecular complexity index is 1270. The number of hydrogen-bond acceptors (Lipinski definition) is 7. The highest BCUT2D eigenvalue weighted by atomic mass is 32.2. The first-order valence-electron chi connectivity index (χ1n) is 10.2. The molecule has 4 aromatic rings. The zero-order valence-electron chi connectivity index (χ0n) is 17.6. The fraction of sp³-hybridized carbons (Fsp3) is 0.167. The van der Waals surface area contributed by atoms with Gasteiger partial charge in [-0.05, 0) is 30.3 Å². The topological polar surface area (TPSA) is 94.3 Å². The van der Waals surface area contributed by atoms with Crippen LogP contribution in [0.15, 0.2) is 88.4 Å². The van der Waals surface area contributed by atoms with Crippen molar-refractivity contribution in [1.82, 2.24) is 9.97 Å². The minimum Gasteiger partial charge on any atom is -0.491 e. The summed E-state index contributed by atoms with van der Waals surface area (Å²) in [5.74, 6) is 1.10. The molecular weight excluding hydrogens is 426 g/mol. The Hall–Kier alpha value is -3.65. The van der Waals surface area contributed by atoms with Crippen molar-refractivity contribution in [2.75, 3.05) is 17.7 Å². The summed E-state index contributed by atoms with van der Waals surface area (Å²) in [6, 6.07) is 20.3. The molecule has 0 bridgehead atoms. The molecule has 0 spiro atoms. The third kappa shape index (κ3) is 5.15. The molecular formula is C24H23N3O4S. The van der Waals surface area contributed by atoms with Crippen LogP contribution < -0.4 is 10.1 Å². The summed E-state index contributed by atoms with van der Waals surface area (Å²) >= 11 is 0. The maximum atomic E-state index is 12.4. The van der Waals surface area contributed by atoms with E-state index >= 15 is 0 Å². The van der Waals surface area contributed by atoms with Gasteiger partial charge >= 0.3 is 0 Å². The highest BCUT2D eigenvalue weighted by Gasteiger charge is 2.17. The van der Waals surface area contributed by atoms with Crippen molar-refractivity contribution in [3.8, 4) is 17.1 Å². The fourth-order valence-corrected chi connectivity index (χ4v) is 3.99. The molecule has 0 aliphatic rings. The average molecular weight is 450 g/mol. The van der Waals surface area contributed by atoms with Gasteiger partial charge in [-0.2, -0.15) is 0 Å². The van der Waals surface area contributed by atoms with E-state index in [1.165, 1.54) is 0 Å². The second kappa shape index (κ2) is 9.65. The van der Waals surface area contributed by atoms with Crippen LogP contribution in [0, 0.1) is 0 Å². The van der Waals surface area contributed by atoms with Crippen LogP contribution in [-0.4, -0.2) is 30.7 Å². The Morgan fingerprint density at radius 3 is 2.56 bits per heavy atom. The van der Waals surface area contributed by atoms with Gasteiger partial charge in [0.15, 0.2) is 15.6 Å². The van der Waals surface area contributed by atoms with Crippen LogP contribution in [0.3, 0.4) is 0 Å². The number of pyridine rings is 1. The van der Waals surface area contributed by atoms with Gasteiger partial charge in [0, 0.05) is 23.9 Å². The predicted molar refractivity (Wildman–Crippen MR) is 123 cm³/mol. The summed E-state index contributed by atoms with van der Waals surface area (Å²) in [5, 5.41) is 3.07. The van der Waals surface area contributed by atoms with Crippen LogP contribution in [0.5, 0.6) is 5.75 Å². The maximum Gasteiger partial charge on any atom is 0.299 e. The van der Waals surface area contributed by atoms with Crippen LogP contribution in [0.25, 0.3) is 11.3 Å². The quantitative estimate of drug-likeness (QED) is 0.388. The first-order chi connectivity index (χ1) is 15.5. The minimum absolute atomic E-state index is 0.00345. The van der Waals surface area contributed by atoms with Crippen molar-refractivity contribution < 1.29 is 17.6 Å². The van der Waals surface area contributed by atoms with Crippen LogP contribution in [0.1, 0.15) is 12.6 Å². The molecule has 4 rings (SSSR count). The predicted octanol–water partition coefficient (Wildman–Crippen LogP) is 4.90. The number of oxazole rings is 1. The van der Waals surface area contributed by atoms with Gasteiger partial charge in [-0.1, -0.05) is 43.3 Å². The Balaban J connectivity index is 1.57. The van der Waals surface area contributed by atoms with Crippen LogP contribution in [0.4, 0.5) is 11.7 Å². The van der Waals surface area contributed by atoms with E-state index in [-0.39, 0.29) is 16.7 Å². The lowest BCUT2D eigenvalue weighted by atomic mass is 10.2. The molecule has 0 aliphatic carbocycles. The van der Waals surface area contributed by atoms with E-state index in [4.69, 9.17) is 9.15 Å². The molecule has 0 saturated carbocycles. The zero-order chi connectivity index (χ0) is 22.4. The van der Waals surface area contributed by atoms with E-state index in [9.17, 15) is 8.42 Å². The van der Waals surface area contributed by atoms with E-state index in [1.54, 1.807) is 37.5 Å². The number of sulfone groups is 1. The summed E-state index contributed by atoms with van der Waals surface area (Å²) in [6.07, 6.45) is 3.97. The molecule has 2 aromatic carbocycles. The molecule has 0 radical (unpaired) electrons. The lowest BCUT2D eigenvalue weighted by Gasteiger charge is -2.13. The van der Waals surface area contributed by atoms with Gasteiger partial charge in [0.25, 0.3) is 6.01 Å². The first-order valence-corrected chi connectivity index (χ1v) is 11.9. The molecule has 164 valence electrons. The number of benzene rings is 2. The Labute approximate surface area is 187 Å². The van der Waals surface area contributed by atoms with Crippen LogP contribution in [0.2, 0.25) is 0 Å². The van der Waals surface area contributed by atoms with Gasteiger partial charge in [-0.15, -0.1) is 0 Å². The summed E-state index contributed by atoms with van der Waals surface area (Å²) in [5.41, 5.74) is 2.26. The molecule has 7 nitrogen and oxygen atoms in total. The van der Waals surface area contributed by atoms with Gasteiger partial charge in [0.2, 0.25) is 0 Å². The van der Waals surface area contributed by atoms with E-state index in [0.717, 1.165) is 11.3 Å². The van der Waals surface area contributed by atoms with Gasteiger partial charge in [-0.25, -0.2) is 13.4 Å². The highest BCUT2D eigenvalue weighted by Crippen LogP contribution is 2.32. The summed E-state index contributed by atoms with van der Waals surface area (Å²) in [7, 11) is -3.39. The SMILES string of the molecule is CCS(=O)(=O)c1ccc(OCCc2ccccn2)c(Nc2ncc(-c3ccccc3)o2)c1. The van der Waals surface area contributed by atoms with E-state index in [0.29, 0.717) is 30.2 Å². The van der Waals surface area contributed by atoms with Gasteiger partial charge in [-0.3, -0.25) is 4.98 Å². The van der Waals surface area contributed by atoms with Crippen molar-refractivity contribution in [2.24, 2.45) is 0 Å². The van der Waals surface area contributed by atoms with Crippen LogP contribution >= 0.6 is 0 Å². The third-order valence-corrected chi connectivity index (χ3v) is 6.57. The molecule has 8 heteroatoms. The molecule has 0 fully saturated rings. The number of ether oxygens (including phenoxy) is 1. The fourth-order valence-electron chi connectivity index (χ4n) is 3.09. The number of anilines is 2. The van der Waals surface area contributed by atoms with E-state index in [2.05, 4.69) is 15.3 Å². The summed E-state index contributed by atoms with van der Waals surface area (Å²) in [4.78, 5) is 8.77. The largest absolute Gasteiger partial charge is 0.491 e.